The summed E-state index contributed by atoms with van der Waals surface area (Å²) in [6, 6.07) is 7.87. The van der Waals surface area contributed by atoms with Crippen LogP contribution in [0, 0.1) is 13.8 Å². The Morgan fingerprint density at radius 3 is 2.81 bits per heavy atom. The average molecular weight is 378 g/mol. The van der Waals surface area contributed by atoms with Crippen LogP contribution in [0.4, 0.5) is 0 Å². The van der Waals surface area contributed by atoms with E-state index in [1.165, 1.54) is 5.56 Å². The van der Waals surface area contributed by atoms with Gasteiger partial charge in [-0.15, -0.1) is 0 Å². The minimum Gasteiger partial charge on any atom is -0.383 e. The molecule has 7 heteroatoms. The molecule has 0 spiro atoms. The molecule has 0 aliphatic rings. The molecule has 0 amide bonds. The van der Waals surface area contributed by atoms with Crippen LogP contribution in [-0.4, -0.2) is 48.5 Å². The lowest BCUT2D eigenvalue weighted by Crippen LogP contribution is -2.38. The molecule has 1 aromatic heterocycles. The fraction of sp³-hybridized carbons (Fsp3) is 0.474. The zero-order chi connectivity index (χ0) is 19.1. The van der Waals surface area contributed by atoms with E-state index in [0.29, 0.717) is 13.2 Å². The van der Waals surface area contributed by atoms with E-state index in [4.69, 9.17) is 16.3 Å². The molecule has 0 unspecified atom stereocenters. The topological polar surface area (TPSA) is 54.7 Å². The summed E-state index contributed by atoms with van der Waals surface area (Å²) in [4.78, 5) is 6.46. The zero-order valence-corrected chi connectivity index (χ0v) is 17.0. The van der Waals surface area contributed by atoms with Gasteiger partial charge < -0.3 is 15.0 Å². The van der Waals surface area contributed by atoms with Crippen molar-refractivity contribution >= 4 is 17.6 Å². The Balaban J connectivity index is 2.01. The molecule has 1 heterocycles. The molecule has 0 saturated carbocycles. The summed E-state index contributed by atoms with van der Waals surface area (Å²) in [7, 11) is 5.50. The van der Waals surface area contributed by atoms with Crippen LogP contribution in [0.5, 0.6) is 0 Å². The Hall–Kier alpha value is -2.05. The van der Waals surface area contributed by atoms with Crippen LogP contribution in [-0.2, 0) is 24.4 Å². The molecule has 0 aliphatic carbocycles. The maximum Gasteiger partial charge on any atom is 0.193 e. The molecule has 0 atom stereocenters. The number of benzene rings is 1. The number of aryl methyl sites for hydroxylation is 1. The molecule has 2 aromatic rings. The largest absolute Gasteiger partial charge is 0.383 e. The molecule has 1 aromatic carbocycles. The van der Waals surface area contributed by atoms with Crippen molar-refractivity contribution in [3.63, 3.8) is 0 Å². The van der Waals surface area contributed by atoms with E-state index in [2.05, 4.69) is 33.3 Å². The number of hydrogen-bond donors (Lipinski definition) is 1. The predicted molar refractivity (Wildman–Crippen MR) is 107 cm³/mol. The Bertz CT molecular complexity index is 756. The molecular weight excluding hydrogens is 350 g/mol. The Morgan fingerprint density at radius 2 is 2.15 bits per heavy atom. The lowest BCUT2D eigenvalue weighted by Gasteiger charge is -2.22. The van der Waals surface area contributed by atoms with E-state index in [9.17, 15) is 0 Å². The second kappa shape index (κ2) is 9.59. The molecule has 0 radical (unpaired) electrons. The molecule has 1 N–H and O–H groups in total. The molecule has 0 fully saturated rings. The zero-order valence-electron chi connectivity index (χ0n) is 16.2. The number of guanidine groups is 1. The summed E-state index contributed by atoms with van der Waals surface area (Å²) in [5.74, 6) is 0.827. The van der Waals surface area contributed by atoms with Crippen molar-refractivity contribution in [1.29, 1.82) is 0 Å². The first-order chi connectivity index (χ1) is 12.5. The lowest BCUT2D eigenvalue weighted by atomic mass is 10.2. The minimum atomic E-state index is 0.652. The standard InChI is InChI=1S/C19H28ClN5O/c1-14-18(15(2)25(23-14)9-10-26-5)12-22-19(21-3)24(4)13-16-7-6-8-17(20)11-16/h6-8,11H,9-10,12-13H2,1-5H3,(H,21,22). The van der Waals surface area contributed by atoms with Crippen molar-refractivity contribution in [2.75, 3.05) is 27.8 Å². The number of nitrogens with one attached hydrogen (secondary N) is 1. The fourth-order valence-corrected chi connectivity index (χ4v) is 3.13. The highest BCUT2D eigenvalue weighted by atomic mass is 35.5. The van der Waals surface area contributed by atoms with Gasteiger partial charge >= 0.3 is 0 Å². The third-order valence-electron chi connectivity index (χ3n) is 4.34. The van der Waals surface area contributed by atoms with Crippen LogP contribution < -0.4 is 5.32 Å². The minimum absolute atomic E-state index is 0.652. The van der Waals surface area contributed by atoms with Gasteiger partial charge in [0.25, 0.3) is 0 Å². The molecule has 0 saturated heterocycles. The van der Waals surface area contributed by atoms with Crippen molar-refractivity contribution in [2.45, 2.75) is 33.5 Å². The highest BCUT2D eigenvalue weighted by Crippen LogP contribution is 2.14. The quantitative estimate of drug-likeness (QED) is 0.595. The molecule has 142 valence electrons. The van der Waals surface area contributed by atoms with Crippen molar-refractivity contribution in [1.82, 2.24) is 20.0 Å². The van der Waals surface area contributed by atoms with Gasteiger partial charge in [-0.05, 0) is 31.5 Å². The SMILES string of the molecule is CN=C(NCc1c(C)nn(CCOC)c1C)N(C)Cc1cccc(Cl)c1. The van der Waals surface area contributed by atoms with Gasteiger partial charge in [-0.2, -0.15) is 5.10 Å². The molecule has 0 aliphatic heterocycles. The van der Waals surface area contributed by atoms with Crippen molar-refractivity contribution in [3.05, 3.63) is 51.8 Å². The van der Waals surface area contributed by atoms with Crippen molar-refractivity contribution < 1.29 is 4.74 Å². The summed E-state index contributed by atoms with van der Waals surface area (Å²) in [6.07, 6.45) is 0. The van der Waals surface area contributed by atoms with Crippen LogP contribution in [0.25, 0.3) is 0 Å². The lowest BCUT2D eigenvalue weighted by molar-refractivity contribution is 0.182. The first-order valence-corrected chi connectivity index (χ1v) is 9.02. The first-order valence-electron chi connectivity index (χ1n) is 8.64. The number of hydrogen-bond acceptors (Lipinski definition) is 3. The summed E-state index contributed by atoms with van der Waals surface area (Å²) in [5.41, 5.74) is 4.51. The maximum absolute atomic E-state index is 6.07. The van der Waals surface area contributed by atoms with E-state index in [-0.39, 0.29) is 0 Å². The molecule has 2 rings (SSSR count). The highest BCUT2D eigenvalue weighted by Gasteiger charge is 2.13. The second-order valence-electron chi connectivity index (χ2n) is 6.25. The van der Waals surface area contributed by atoms with Gasteiger partial charge in [0, 0.05) is 50.6 Å². The molecule has 6 nitrogen and oxygen atoms in total. The smallest absolute Gasteiger partial charge is 0.193 e. The number of aromatic nitrogens is 2. The van der Waals surface area contributed by atoms with E-state index >= 15 is 0 Å². The van der Waals surface area contributed by atoms with Crippen LogP contribution in [0.15, 0.2) is 29.3 Å². The first kappa shape index (κ1) is 20.3. The fourth-order valence-electron chi connectivity index (χ4n) is 2.92. The van der Waals surface area contributed by atoms with E-state index in [1.807, 2.05) is 36.9 Å². The number of ether oxygens (including phenoxy) is 1. The average Bonchev–Trinajstić information content (AvgIpc) is 2.87. The molecule has 26 heavy (non-hydrogen) atoms. The van der Waals surface area contributed by atoms with Crippen LogP contribution in [0.1, 0.15) is 22.5 Å². The second-order valence-corrected chi connectivity index (χ2v) is 6.69. The predicted octanol–water partition coefficient (Wildman–Crippen LogP) is 3.01. The van der Waals surface area contributed by atoms with Gasteiger partial charge in [0.05, 0.1) is 18.8 Å². The summed E-state index contributed by atoms with van der Waals surface area (Å²) < 4.78 is 7.14. The van der Waals surface area contributed by atoms with Gasteiger partial charge in [-0.25, -0.2) is 0 Å². The monoisotopic (exact) mass is 377 g/mol. The van der Waals surface area contributed by atoms with E-state index in [0.717, 1.165) is 41.0 Å². The summed E-state index contributed by atoms with van der Waals surface area (Å²) in [5, 5.41) is 8.78. The Kier molecular flexibility index (Phi) is 7.48. The Morgan fingerprint density at radius 1 is 1.38 bits per heavy atom. The van der Waals surface area contributed by atoms with E-state index < -0.39 is 0 Å². The third kappa shape index (κ3) is 5.22. The molecule has 0 bridgehead atoms. The van der Waals surface area contributed by atoms with Gasteiger partial charge in [-0.1, -0.05) is 23.7 Å². The Labute approximate surface area is 160 Å². The number of methoxy groups -OCH3 is 1. The normalized spacial score (nSPS) is 11.7. The molecular formula is C19H28ClN5O. The van der Waals surface area contributed by atoms with Gasteiger partial charge in [0.2, 0.25) is 0 Å². The number of halogens is 1. The maximum atomic E-state index is 6.07. The van der Waals surface area contributed by atoms with Crippen LogP contribution >= 0.6 is 11.6 Å². The van der Waals surface area contributed by atoms with Crippen molar-refractivity contribution in [3.8, 4) is 0 Å². The third-order valence-corrected chi connectivity index (χ3v) is 4.58. The van der Waals surface area contributed by atoms with Gasteiger partial charge in [-0.3, -0.25) is 9.67 Å². The summed E-state index contributed by atoms with van der Waals surface area (Å²) >= 11 is 6.07. The summed E-state index contributed by atoms with van der Waals surface area (Å²) in [6.45, 7) is 6.94. The highest BCUT2D eigenvalue weighted by molar-refractivity contribution is 6.30. The van der Waals surface area contributed by atoms with E-state index in [1.54, 1.807) is 14.2 Å². The van der Waals surface area contributed by atoms with Gasteiger partial charge in [0.15, 0.2) is 5.96 Å². The number of rotatable bonds is 7. The van der Waals surface area contributed by atoms with Gasteiger partial charge in [0.1, 0.15) is 0 Å². The van der Waals surface area contributed by atoms with Crippen LogP contribution in [0.3, 0.4) is 0 Å². The number of nitrogens with zero attached hydrogens (tertiary/aromatic N) is 4. The number of aliphatic imine (C=N–C) groups is 1. The van der Waals surface area contributed by atoms with Crippen LogP contribution in [0.2, 0.25) is 5.02 Å². The van der Waals surface area contributed by atoms with Crippen molar-refractivity contribution in [2.24, 2.45) is 4.99 Å².